The molecule has 16 heavy (non-hydrogen) atoms. The lowest BCUT2D eigenvalue weighted by atomic mass is 10.1. The fourth-order valence-corrected chi connectivity index (χ4v) is 2.50. The molecule has 2 N–H and O–H groups in total. The molecule has 2 aliphatic rings. The molecule has 1 amide bonds. The first-order valence-corrected chi connectivity index (χ1v) is 6.38. The Labute approximate surface area is 97.8 Å². The number of carbonyl (C=O) groups is 1. The molecule has 0 aromatic carbocycles. The number of nitrogens with two attached hydrogens (primary N) is 1. The van der Waals surface area contributed by atoms with Gasteiger partial charge in [-0.3, -0.25) is 9.69 Å². The van der Waals surface area contributed by atoms with Gasteiger partial charge in [0.1, 0.15) is 0 Å². The Morgan fingerprint density at radius 2 is 2.19 bits per heavy atom. The normalized spacial score (nSPS) is 26.0. The second-order valence-corrected chi connectivity index (χ2v) is 5.20. The van der Waals surface area contributed by atoms with Crippen LogP contribution in [0.5, 0.6) is 0 Å². The van der Waals surface area contributed by atoms with Crippen LogP contribution in [0.1, 0.15) is 25.7 Å². The number of carbonyl (C=O) groups excluding carboxylic acids is 1. The van der Waals surface area contributed by atoms with E-state index in [9.17, 15) is 4.79 Å². The summed E-state index contributed by atoms with van der Waals surface area (Å²) in [4.78, 5) is 16.1. The molecule has 2 rings (SSSR count). The topological polar surface area (TPSA) is 49.6 Å². The molecule has 4 heteroatoms. The Kier molecular flexibility index (Phi) is 3.82. The number of hydrogen-bond acceptors (Lipinski definition) is 3. The average molecular weight is 225 g/mol. The van der Waals surface area contributed by atoms with Crippen LogP contribution in [0.4, 0.5) is 0 Å². The van der Waals surface area contributed by atoms with Crippen molar-refractivity contribution in [1.29, 1.82) is 0 Å². The highest BCUT2D eigenvalue weighted by atomic mass is 16.2. The van der Waals surface area contributed by atoms with Gasteiger partial charge in [0.15, 0.2) is 0 Å². The molecule has 0 spiro atoms. The van der Waals surface area contributed by atoms with E-state index in [1.807, 2.05) is 11.9 Å². The van der Waals surface area contributed by atoms with Crippen molar-refractivity contribution in [2.75, 3.05) is 33.2 Å². The van der Waals surface area contributed by atoms with Gasteiger partial charge in [-0.05, 0) is 44.7 Å². The van der Waals surface area contributed by atoms with Gasteiger partial charge >= 0.3 is 0 Å². The van der Waals surface area contributed by atoms with Gasteiger partial charge in [-0.15, -0.1) is 0 Å². The van der Waals surface area contributed by atoms with Crippen molar-refractivity contribution in [2.24, 2.45) is 11.7 Å². The molecule has 4 nitrogen and oxygen atoms in total. The standard InChI is InChI=1S/C12H23N3O/c1-14(11-2-3-11)12(16)9-15-7-5-10(8-15)4-6-13/h10-11H,2-9,13H2,1H3. The Morgan fingerprint density at radius 1 is 1.44 bits per heavy atom. The molecule has 92 valence electrons. The molecule has 1 heterocycles. The Hall–Kier alpha value is -0.610. The molecular formula is C12H23N3O. The summed E-state index contributed by atoms with van der Waals surface area (Å²) >= 11 is 0. The lowest BCUT2D eigenvalue weighted by Crippen LogP contribution is -2.38. The smallest absolute Gasteiger partial charge is 0.236 e. The van der Waals surface area contributed by atoms with Gasteiger partial charge in [-0.2, -0.15) is 0 Å². The Morgan fingerprint density at radius 3 is 2.81 bits per heavy atom. The van der Waals surface area contributed by atoms with Gasteiger partial charge in [-0.25, -0.2) is 0 Å². The predicted molar refractivity (Wildman–Crippen MR) is 64.0 cm³/mol. The third-order valence-corrected chi connectivity index (χ3v) is 3.79. The first kappa shape index (κ1) is 11.9. The van der Waals surface area contributed by atoms with Crippen molar-refractivity contribution < 1.29 is 4.79 Å². The molecule has 1 aliphatic heterocycles. The number of nitrogens with zero attached hydrogens (tertiary/aromatic N) is 2. The molecule has 1 saturated carbocycles. The lowest BCUT2D eigenvalue weighted by Gasteiger charge is -2.21. The molecule has 0 bridgehead atoms. The molecule has 1 aliphatic carbocycles. The number of hydrogen-bond donors (Lipinski definition) is 1. The van der Waals surface area contributed by atoms with Crippen LogP contribution in [-0.4, -0.2) is 55.0 Å². The largest absolute Gasteiger partial charge is 0.342 e. The van der Waals surface area contributed by atoms with E-state index in [1.54, 1.807) is 0 Å². The summed E-state index contributed by atoms with van der Waals surface area (Å²) in [6.07, 6.45) is 4.69. The van der Waals surface area contributed by atoms with Crippen molar-refractivity contribution in [3.63, 3.8) is 0 Å². The molecule has 1 atom stereocenters. The van der Waals surface area contributed by atoms with Crippen LogP contribution in [0, 0.1) is 5.92 Å². The second-order valence-electron chi connectivity index (χ2n) is 5.20. The van der Waals surface area contributed by atoms with Crippen LogP contribution >= 0.6 is 0 Å². The molecular weight excluding hydrogens is 202 g/mol. The highest BCUT2D eigenvalue weighted by Crippen LogP contribution is 2.26. The average Bonchev–Trinajstić information content (AvgIpc) is 3.02. The van der Waals surface area contributed by atoms with E-state index in [0.717, 1.165) is 26.1 Å². The van der Waals surface area contributed by atoms with Crippen molar-refractivity contribution >= 4 is 5.91 Å². The maximum atomic E-state index is 11.9. The lowest BCUT2D eigenvalue weighted by molar-refractivity contribution is -0.131. The van der Waals surface area contributed by atoms with Crippen LogP contribution < -0.4 is 5.73 Å². The van der Waals surface area contributed by atoms with Gasteiger partial charge in [0.2, 0.25) is 5.91 Å². The molecule has 1 saturated heterocycles. The zero-order chi connectivity index (χ0) is 11.5. The van der Waals surface area contributed by atoms with Crippen molar-refractivity contribution in [2.45, 2.75) is 31.7 Å². The van der Waals surface area contributed by atoms with Crippen LogP contribution in [0.25, 0.3) is 0 Å². The number of likely N-dealkylation sites (N-methyl/N-ethyl adjacent to an activating group) is 1. The summed E-state index contributed by atoms with van der Waals surface area (Å²) in [5.41, 5.74) is 5.56. The zero-order valence-corrected chi connectivity index (χ0v) is 10.2. The maximum Gasteiger partial charge on any atom is 0.236 e. The van der Waals surface area contributed by atoms with Gasteiger partial charge < -0.3 is 10.6 Å². The minimum Gasteiger partial charge on any atom is -0.342 e. The van der Waals surface area contributed by atoms with Crippen molar-refractivity contribution in [1.82, 2.24) is 9.80 Å². The Balaban J connectivity index is 1.71. The first-order valence-electron chi connectivity index (χ1n) is 6.38. The third kappa shape index (κ3) is 2.95. The summed E-state index contributed by atoms with van der Waals surface area (Å²) in [5, 5.41) is 0. The zero-order valence-electron chi connectivity index (χ0n) is 10.2. The van der Waals surface area contributed by atoms with Gasteiger partial charge in [0.05, 0.1) is 6.54 Å². The monoisotopic (exact) mass is 225 g/mol. The summed E-state index contributed by atoms with van der Waals surface area (Å²) in [6.45, 7) is 3.50. The van der Waals surface area contributed by atoms with Crippen LogP contribution in [0.2, 0.25) is 0 Å². The summed E-state index contributed by atoms with van der Waals surface area (Å²) < 4.78 is 0. The minimum absolute atomic E-state index is 0.288. The molecule has 2 fully saturated rings. The molecule has 1 unspecified atom stereocenters. The van der Waals surface area contributed by atoms with E-state index in [1.165, 1.54) is 19.3 Å². The van der Waals surface area contributed by atoms with E-state index in [4.69, 9.17) is 5.73 Å². The second kappa shape index (κ2) is 5.15. The van der Waals surface area contributed by atoms with Gasteiger partial charge in [0, 0.05) is 19.6 Å². The van der Waals surface area contributed by atoms with Crippen molar-refractivity contribution in [3.8, 4) is 0 Å². The maximum absolute atomic E-state index is 11.9. The van der Waals surface area contributed by atoms with Gasteiger partial charge in [0.25, 0.3) is 0 Å². The van der Waals surface area contributed by atoms with Gasteiger partial charge in [-0.1, -0.05) is 0 Å². The number of likely N-dealkylation sites (tertiary alicyclic amines) is 1. The van der Waals surface area contributed by atoms with E-state index in [2.05, 4.69) is 4.90 Å². The number of amides is 1. The first-order chi connectivity index (χ1) is 7.70. The summed E-state index contributed by atoms with van der Waals surface area (Å²) in [5.74, 6) is 1.000. The SMILES string of the molecule is CN(C(=O)CN1CCC(CCN)C1)C1CC1. The third-order valence-electron chi connectivity index (χ3n) is 3.79. The molecule has 0 radical (unpaired) electrons. The summed E-state index contributed by atoms with van der Waals surface area (Å²) in [6, 6.07) is 0.537. The molecule has 0 aromatic heterocycles. The minimum atomic E-state index is 0.288. The Bertz CT molecular complexity index is 253. The predicted octanol–water partition coefficient (Wildman–Crippen LogP) is 0.278. The van der Waals surface area contributed by atoms with Crippen molar-refractivity contribution in [3.05, 3.63) is 0 Å². The molecule has 0 aromatic rings. The highest BCUT2D eigenvalue weighted by molar-refractivity contribution is 5.78. The van der Waals surface area contributed by atoms with E-state index in [-0.39, 0.29) is 5.91 Å². The van der Waals surface area contributed by atoms with Crippen LogP contribution in [-0.2, 0) is 4.79 Å². The van der Waals surface area contributed by atoms with E-state index < -0.39 is 0 Å². The fourth-order valence-electron chi connectivity index (χ4n) is 2.50. The number of rotatable bonds is 5. The van der Waals surface area contributed by atoms with E-state index in [0.29, 0.717) is 18.5 Å². The fraction of sp³-hybridized carbons (Fsp3) is 0.917. The van der Waals surface area contributed by atoms with E-state index >= 15 is 0 Å². The quantitative estimate of drug-likeness (QED) is 0.731. The van der Waals surface area contributed by atoms with Crippen LogP contribution in [0.15, 0.2) is 0 Å². The highest BCUT2D eigenvalue weighted by Gasteiger charge is 2.31. The van der Waals surface area contributed by atoms with Crippen LogP contribution in [0.3, 0.4) is 0 Å². The summed E-state index contributed by atoms with van der Waals surface area (Å²) in [7, 11) is 1.94.